The number of aromatic amines is 1. The van der Waals surface area contributed by atoms with Crippen LogP contribution in [0, 0.1) is 5.82 Å². The molecule has 26 heavy (non-hydrogen) atoms. The predicted octanol–water partition coefficient (Wildman–Crippen LogP) is 2.36. The molecule has 1 unspecified atom stereocenters. The molecule has 1 aromatic heterocycles. The average molecular weight is 355 g/mol. The minimum atomic E-state index is -1.12. The number of nitrogens with one attached hydrogen (secondary N) is 1. The van der Waals surface area contributed by atoms with Crippen LogP contribution in [0.5, 0.6) is 5.75 Å². The van der Waals surface area contributed by atoms with Crippen LogP contribution >= 0.6 is 0 Å². The molecule has 1 fully saturated rings. The Morgan fingerprint density at radius 2 is 2.12 bits per heavy atom. The van der Waals surface area contributed by atoms with E-state index in [0.717, 1.165) is 11.0 Å². The van der Waals surface area contributed by atoms with Crippen molar-refractivity contribution in [2.45, 2.75) is 12.0 Å². The maximum Gasteiger partial charge on any atom is 0.254 e. The largest absolute Gasteiger partial charge is 0.491 e. The molecule has 1 aliphatic rings. The Kier molecular flexibility index (Phi) is 4.08. The molecule has 2 aromatic carbocycles. The van der Waals surface area contributed by atoms with Gasteiger partial charge < -0.3 is 19.7 Å². The van der Waals surface area contributed by atoms with E-state index in [9.17, 15) is 14.3 Å². The summed E-state index contributed by atoms with van der Waals surface area (Å²) >= 11 is 0. The number of aromatic nitrogens is 2. The van der Waals surface area contributed by atoms with Gasteiger partial charge in [-0.2, -0.15) is 0 Å². The highest BCUT2D eigenvalue weighted by Gasteiger charge is 2.39. The second kappa shape index (κ2) is 6.42. The summed E-state index contributed by atoms with van der Waals surface area (Å²) in [7, 11) is 0. The van der Waals surface area contributed by atoms with Crippen LogP contribution < -0.4 is 4.74 Å². The van der Waals surface area contributed by atoms with E-state index in [1.54, 1.807) is 29.4 Å². The van der Waals surface area contributed by atoms with Crippen LogP contribution in [0.1, 0.15) is 16.8 Å². The summed E-state index contributed by atoms with van der Waals surface area (Å²) in [6.45, 7) is 0.680. The summed E-state index contributed by atoms with van der Waals surface area (Å²) in [6.07, 6.45) is 2.01. The molecule has 3 aromatic rings. The first kappa shape index (κ1) is 16.5. The topological polar surface area (TPSA) is 78.5 Å². The smallest absolute Gasteiger partial charge is 0.254 e. The highest BCUT2D eigenvalue weighted by Crippen LogP contribution is 2.25. The van der Waals surface area contributed by atoms with Crippen molar-refractivity contribution in [3.63, 3.8) is 0 Å². The van der Waals surface area contributed by atoms with E-state index in [1.807, 2.05) is 0 Å². The van der Waals surface area contributed by atoms with Crippen molar-refractivity contribution in [2.24, 2.45) is 0 Å². The van der Waals surface area contributed by atoms with Crippen molar-refractivity contribution in [1.29, 1.82) is 0 Å². The lowest BCUT2D eigenvalue weighted by Crippen LogP contribution is -2.40. The lowest BCUT2D eigenvalue weighted by molar-refractivity contribution is 0.00429. The third-order valence-corrected chi connectivity index (χ3v) is 4.61. The zero-order chi connectivity index (χ0) is 18.1. The minimum Gasteiger partial charge on any atom is -0.491 e. The lowest BCUT2D eigenvalue weighted by atomic mass is 10.1. The lowest BCUT2D eigenvalue weighted by Gasteiger charge is -2.23. The number of ether oxygens (including phenoxy) is 1. The zero-order valence-electron chi connectivity index (χ0n) is 14.0. The maximum absolute atomic E-state index is 12.9. The number of halogens is 1. The van der Waals surface area contributed by atoms with E-state index in [-0.39, 0.29) is 24.9 Å². The van der Waals surface area contributed by atoms with Gasteiger partial charge in [0.05, 0.1) is 23.9 Å². The van der Waals surface area contributed by atoms with Gasteiger partial charge in [-0.3, -0.25) is 4.79 Å². The number of rotatable bonds is 4. The van der Waals surface area contributed by atoms with Crippen LogP contribution in [-0.2, 0) is 0 Å². The molecule has 0 saturated carbocycles. The van der Waals surface area contributed by atoms with Crippen molar-refractivity contribution in [1.82, 2.24) is 14.9 Å². The van der Waals surface area contributed by atoms with E-state index < -0.39 is 5.60 Å². The summed E-state index contributed by atoms with van der Waals surface area (Å²) in [5, 5.41) is 10.7. The Hall–Kier alpha value is -2.93. The van der Waals surface area contributed by atoms with Gasteiger partial charge in [-0.1, -0.05) is 0 Å². The average Bonchev–Trinajstić information content (AvgIpc) is 3.27. The SMILES string of the molecule is O=C(c1ccc2nc[nH]c2c1)N1CCC(O)(COc2ccc(F)cc2)C1. The molecule has 4 rings (SSSR count). The highest BCUT2D eigenvalue weighted by molar-refractivity contribution is 5.97. The van der Waals surface area contributed by atoms with E-state index in [4.69, 9.17) is 4.74 Å². The number of amides is 1. The number of carbonyl (C=O) groups excluding carboxylic acids is 1. The third kappa shape index (κ3) is 3.25. The van der Waals surface area contributed by atoms with Gasteiger partial charge in [-0.25, -0.2) is 9.37 Å². The first-order valence-electron chi connectivity index (χ1n) is 8.36. The molecule has 0 aliphatic carbocycles. The molecule has 0 radical (unpaired) electrons. The van der Waals surface area contributed by atoms with Crippen LogP contribution in [0.2, 0.25) is 0 Å². The quantitative estimate of drug-likeness (QED) is 0.753. The van der Waals surface area contributed by atoms with E-state index in [1.165, 1.54) is 24.3 Å². The Balaban J connectivity index is 1.41. The van der Waals surface area contributed by atoms with E-state index >= 15 is 0 Å². The van der Waals surface area contributed by atoms with Gasteiger partial charge in [0.1, 0.15) is 23.8 Å². The molecular weight excluding hydrogens is 337 g/mol. The number of imidazole rings is 1. The van der Waals surface area contributed by atoms with E-state index in [0.29, 0.717) is 24.3 Å². The number of aliphatic hydroxyl groups is 1. The molecule has 134 valence electrons. The number of hydrogen-bond donors (Lipinski definition) is 2. The fourth-order valence-corrected chi connectivity index (χ4v) is 3.15. The zero-order valence-corrected chi connectivity index (χ0v) is 14.0. The second-order valence-electron chi connectivity index (χ2n) is 6.58. The number of benzene rings is 2. The Morgan fingerprint density at radius 1 is 1.31 bits per heavy atom. The normalized spacial score (nSPS) is 19.8. The fraction of sp³-hybridized carbons (Fsp3) is 0.263. The predicted molar refractivity (Wildman–Crippen MR) is 93.5 cm³/mol. The molecule has 0 spiro atoms. The van der Waals surface area contributed by atoms with Crippen LogP contribution in [0.15, 0.2) is 48.8 Å². The summed E-state index contributed by atoms with van der Waals surface area (Å²) < 4.78 is 18.5. The van der Waals surface area contributed by atoms with Crippen molar-refractivity contribution in [3.05, 3.63) is 60.2 Å². The number of fused-ring (bicyclic) bond motifs is 1. The number of carbonyl (C=O) groups is 1. The summed E-state index contributed by atoms with van der Waals surface area (Å²) in [5.74, 6) is -0.00329. The van der Waals surface area contributed by atoms with Crippen molar-refractivity contribution in [2.75, 3.05) is 19.7 Å². The Labute approximate surface area is 149 Å². The van der Waals surface area contributed by atoms with Crippen molar-refractivity contribution < 1.29 is 19.0 Å². The number of β-amino-alcohol motifs (C(OH)–C–C–N with tert-alkyl or cyclic N) is 1. The van der Waals surface area contributed by atoms with Crippen molar-refractivity contribution >= 4 is 16.9 Å². The molecule has 7 heteroatoms. The fourth-order valence-electron chi connectivity index (χ4n) is 3.15. The van der Waals surface area contributed by atoms with Gasteiger partial charge >= 0.3 is 0 Å². The molecule has 2 heterocycles. The molecule has 6 nitrogen and oxygen atoms in total. The number of nitrogens with zero attached hydrogens (tertiary/aromatic N) is 2. The monoisotopic (exact) mass is 355 g/mol. The van der Waals surface area contributed by atoms with Crippen LogP contribution in [0.4, 0.5) is 4.39 Å². The number of likely N-dealkylation sites (tertiary alicyclic amines) is 1. The first-order valence-corrected chi connectivity index (χ1v) is 8.36. The first-order chi connectivity index (χ1) is 12.5. The molecule has 1 amide bonds. The number of hydrogen-bond acceptors (Lipinski definition) is 4. The van der Waals surface area contributed by atoms with E-state index in [2.05, 4.69) is 9.97 Å². The molecule has 2 N–H and O–H groups in total. The second-order valence-corrected chi connectivity index (χ2v) is 6.58. The summed E-state index contributed by atoms with van der Waals surface area (Å²) in [4.78, 5) is 21.5. The van der Waals surface area contributed by atoms with Crippen LogP contribution in [-0.4, -0.2) is 51.2 Å². The molecule has 0 bridgehead atoms. The minimum absolute atomic E-state index is 0.0436. The molecule has 1 aliphatic heterocycles. The molecular formula is C19H18FN3O3. The van der Waals surface area contributed by atoms with Gasteiger partial charge in [-0.05, 0) is 48.9 Å². The third-order valence-electron chi connectivity index (χ3n) is 4.61. The van der Waals surface area contributed by atoms with Gasteiger partial charge in [0.2, 0.25) is 0 Å². The Bertz CT molecular complexity index is 941. The summed E-state index contributed by atoms with van der Waals surface area (Å²) in [6, 6.07) is 10.9. The number of H-pyrrole nitrogens is 1. The highest BCUT2D eigenvalue weighted by atomic mass is 19.1. The molecule has 1 atom stereocenters. The van der Waals surface area contributed by atoms with Gasteiger partial charge in [0, 0.05) is 12.1 Å². The van der Waals surface area contributed by atoms with Crippen molar-refractivity contribution in [3.8, 4) is 5.75 Å². The van der Waals surface area contributed by atoms with Gasteiger partial charge in [-0.15, -0.1) is 0 Å². The maximum atomic E-state index is 12.9. The molecule has 1 saturated heterocycles. The Morgan fingerprint density at radius 3 is 2.92 bits per heavy atom. The van der Waals surface area contributed by atoms with Crippen LogP contribution in [0.25, 0.3) is 11.0 Å². The van der Waals surface area contributed by atoms with Gasteiger partial charge in [0.25, 0.3) is 5.91 Å². The summed E-state index contributed by atoms with van der Waals surface area (Å²) in [5.41, 5.74) is 1.02. The van der Waals surface area contributed by atoms with Crippen LogP contribution in [0.3, 0.4) is 0 Å². The van der Waals surface area contributed by atoms with Gasteiger partial charge in [0.15, 0.2) is 0 Å². The standard InChI is InChI=1S/C19H18FN3O3/c20-14-2-4-15(5-3-14)26-11-19(25)7-8-23(10-19)18(24)13-1-6-16-17(9-13)22-12-21-16/h1-6,9,12,25H,7-8,10-11H2,(H,21,22).